The molecule has 0 spiro atoms. The van der Waals surface area contributed by atoms with Crippen LogP contribution in [0.2, 0.25) is 0 Å². The minimum atomic E-state index is -0.486. The summed E-state index contributed by atoms with van der Waals surface area (Å²) in [5.74, 6) is 0.733. The highest BCUT2D eigenvalue weighted by Crippen LogP contribution is 2.27. The Morgan fingerprint density at radius 2 is 1.84 bits per heavy atom. The minimum absolute atomic E-state index is 0.220. The molecule has 4 aromatic rings. The van der Waals surface area contributed by atoms with E-state index in [2.05, 4.69) is 15.1 Å². The number of thiazole rings is 1. The van der Waals surface area contributed by atoms with E-state index in [1.54, 1.807) is 21.3 Å². The van der Waals surface area contributed by atoms with E-state index in [4.69, 9.17) is 14.2 Å². The van der Waals surface area contributed by atoms with Gasteiger partial charge < -0.3 is 14.2 Å². The van der Waals surface area contributed by atoms with Gasteiger partial charge >= 0.3 is 0 Å². The molecule has 4 rings (SSSR count). The zero-order valence-electron chi connectivity index (χ0n) is 18.3. The summed E-state index contributed by atoms with van der Waals surface area (Å²) in [6.45, 7) is 2.08. The number of aromatic nitrogens is 3. The molecule has 0 aliphatic rings. The normalized spacial score (nSPS) is 12.1. The standard InChI is InChI=1S/C23H24N4O4S/c1-14(24-13-19(30-3)31-4)20-21(15-9-11-16(29-2)12-10-15)26-27(22(20)28)23-25-17-7-5-6-8-18(17)32-23/h5-12,19,26H,13H2,1-4H3. The molecule has 2 heterocycles. The number of aromatic amines is 1. The Hall–Kier alpha value is -3.27. The van der Waals surface area contributed by atoms with Crippen LogP contribution in [0.5, 0.6) is 5.75 Å². The Labute approximate surface area is 189 Å². The average Bonchev–Trinajstić information content (AvgIpc) is 3.40. The number of benzene rings is 2. The maximum atomic E-state index is 13.5. The molecule has 0 bridgehead atoms. The average molecular weight is 453 g/mol. The van der Waals surface area contributed by atoms with E-state index < -0.39 is 6.29 Å². The molecule has 0 radical (unpaired) electrons. The summed E-state index contributed by atoms with van der Waals surface area (Å²) in [4.78, 5) is 22.7. The van der Waals surface area contributed by atoms with E-state index in [0.717, 1.165) is 21.5 Å². The first-order valence-corrected chi connectivity index (χ1v) is 10.8. The third-order valence-corrected chi connectivity index (χ3v) is 6.13. The van der Waals surface area contributed by atoms with Gasteiger partial charge in [0.2, 0.25) is 5.13 Å². The largest absolute Gasteiger partial charge is 0.497 e. The van der Waals surface area contributed by atoms with Gasteiger partial charge in [-0.2, -0.15) is 4.68 Å². The number of methoxy groups -OCH3 is 3. The summed E-state index contributed by atoms with van der Waals surface area (Å²) in [5.41, 5.74) is 3.17. The molecule has 9 heteroatoms. The number of ether oxygens (including phenoxy) is 3. The Bertz CT molecular complexity index is 1270. The second-order valence-electron chi connectivity index (χ2n) is 7.02. The van der Waals surface area contributed by atoms with Crippen LogP contribution in [-0.2, 0) is 9.47 Å². The monoisotopic (exact) mass is 452 g/mol. The first-order valence-electron chi connectivity index (χ1n) is 9.98. The SMILES string of the molecule is COc1ccc(-c2[nH]n(-c3nc4ccccc4s3)c(=O)c2C(C)=NCC(OC)OC)cc1. The maximum Gasteiger partial charge on any atom is 0.283 e. The highest BCUT2D eigenvalue weighted by molar-refractivity contribution is 7.20. The van der Waals surface area contributed by atoms with Gasteiger partial charge in [0.1, 0.15) is 5.75 Å². The third-order valence-electron chi connectivity index (χ3n) is 5.11. The molecular formula is C23H24N4O4S. The molecule has 0 amide bonds. The van der Waals surface area contributed by atoms with Crippen molar-refractivity contribution in [2.24, 2.45) is 4.99 Å². The molecule has 166 valence electrons. The molecular weight excluding hydrogens is 428 g/mol. The number of para-hydroxylation sites is 1. The molecule has 1 N–H and O–H groups in total. The number of fused-ring (bicyclic) bond motifs is 1. The Kier molecular flexibility index (Phi) is 6.50. The molecule has 0 unspecified atom stereocenters. The molecule has 32 heavy (non-hydrogen) atoms. The van der Waals surface area contributed by atoms with Crippen molar-refractivity contribution in [3.8, 4) is 22.1 Å². The Balaban J connectivity index is 1.85. The fourth-order valence-corrected chi connectivity index (χ4v) is 4.29. The van der Waals surface area contributed by atoms with Crippen LogP contribution in [0.1, 0.15) is 12.5 Å². The van der Waals surface area contributed by atoms with Crippen molar-refractivity contribution < 1.29 is 14.2 Å². The second kappa shape index (κ2) is 9.47. The number of nitrogens with one attached hydrogen (secondary N) is 1. The van der Waals surface area contributed by atoms with E-state index in [1.807, 2.05) is 55.5 Å². The zero-order valence-corrected chi connectivity index (χ0v) is 19.1. The molecule has 8 nitrogen and oxygen atoms in total. The quantitative estimate of drug-likeness (QED) is 0.324. The first kappa shape index (κ1) is 21.9. The molecule has 0 fully saturated rings. The lowest BCUT2D eigenvalue weighted by Crippen LogP contribution is -2.21. The van der Waals surface area contributed by atoms with Crippen molar-refractivity contribution in [3.05, 3.63) is 64.4 Å². The fourth-order valence-electron chi connectivity index (χ4n) is 3.37. The van der Waals surface area contributed by atoms with E-state index >= 15 is 0 Å². The lowest BCUT2D eigenvalue weighted by molar-refractivity contribution is -0.0936. The molecule has 0 atom stereocenters. The summed E-state index contributed by atoms with van der Waals surface area (Å²) in [6, 6.07) is 15.3. The van der Waals surface area contributed by atoms with Crippen LogP contribution in [0.25, 0.3) is 26.6 Å². The van der Waals surface area contributed by atoms with Gasteiger partial charge in [0, 0.05) is 25.5 Å². The Morgan fingerprint density at radius 3 is 2.50 bits per heavy atom. The number of hydrogen-bond donors (Lipinski definition) is 1. The van der Waals surface area contributed by atoms with Gasteiger partial charge in [-0.15, -0.1) is 0 Å². The van der Waals surface area contributed by atoms with E-state index in [0.29, 0.717) is 22.1 Å². The molecule has 0 aliphatic carbocycles. The molecule has 0 saturated heterocycles. The second-order valence-corrected chi connectivity index (χ2v) is 8.03. The predicted molar refractivity (Wildman–Crippen MR) is 126 cm³/mol. The number of aliphatic imine (C=N–C) groups is 1. The van der Waals surface area contributed by atoms with E-state index in [1.165, 1.54) is 16.0 Å². The van der Waals surface area contributed by atoms with Crippen molar-refractivity contribution in [3.63, 3.8) is 0 Å². The maximum absolute atomic E-state index is 13.5. The number of rotatable bonds is 8. The van der Waals surface area contributed by atoms with Gasteiger partial charge in [0.15, 0.2) is 6.29 Å². The summed E-state index contributed by atoms with van der Waals surface area (Å²) in [6.07, 6.45) is -0.486. The van der Waals surface area contributed by atoms with Gasteiger partial charge in [-0.05, 0) is 43.3 Å². The van der Waals surface area contributed by atoms with E-state index in [9.17, 15) is 4.79 Å². The van der Waals surface area contributed by atoms with Crippen LogP contribution in [0.15, 0.2) is 58.3 Å². The van der Waals surface area contributed by atoms with Crippen molar-refractivity contribution in [2.75, 3.05) is 27.9 Å². The molecule has 2 aromatic heterocycles. The van der Waals surface area contributed by atoms with Crippen molar-refractivity contribution in [1.29, 1.82) is 0 Å². The lowest BCUT2D eigenvalue weighted by Gasteiger charge is -2.10. The predicted octanol–water partition coefficient (Wildman–Crippen LogP) is 3.88. The van der Waals surface area contributed by atoms with Crippen LogP contribution < -0.4 is 10.3 Å². The number of hydrogen-bond acceptors (Lipinski definition) is 7. The van der Waals surface area contributed by atoms with Crippen LogP contribution in [0.4, 0.5) is 0 Å². The van der Waals surface area contributed by atoms with Crippen LogP contribution in [0.3, 0.4) is 0 Å². The highest BCUT2D eigenvalue weighted by Gasteiger charge is 2.21. The van der Waals surface area contributed by atoms with Crippen LogP contribution >= 0.6 is 11.3 Å². The van der Waals surface area contributed by atoms with Crippen molar-refractivity contribution >= 4 is 27.3 Å². The topological polar surface area (TPSA) is 90.7 Å². The summed E-state index contributed by atoms with van der Waals surface area (Å²) in [5, 5.41) is 3.81. The zero-order chi connectivity index (χ0) is 22.7. The van der Waals surface area contributed by atoms with Gasteiger partial charge in [-0.3, -0.25) is 14.9 Å². The van der Waals surface area contributed by atoms with Crippen molar-refractivity contribution in [2.45, 2.75) is 13.2 Å². The summed E-state index contributed by atoms with van der Waals surface area (Å²) >= 11 is 1.45. The number of H-pyrrole nitrogens is 1. The van der Waals surface area contributed by atoms with Crippen molar-refractivity contribution in [1.82, 2.24) is 14.8 Å². The molecule has 0 aliphatic heterocycles. The number of nitrogens with zero attached hydrogens (tertiary/aromatic N) is 3. The smallest absolute Gasteiger partial charge is 0.283 e. The van der Waals surface area contributed by atoms with Gasteiger partial charge in [-0.1, -0.05) is 23.5 Å². The molecule has 2 aromatic carbocycles. The van der Waals surface area contributed by atoms with E-state index in [-0.39, 0.29) is 12.1 Å². The van der Waals surface area contributed by atoms with Crippen LogP contribution in [-0.4, -0.2) is 54.6 Å². The van der Waals surface area contributed by atoms with Crippen LogP contribution in [0, 0.1) is 0 Å². The van der Waals surface area contributed by atoms with Gasteiger partial charge in [-0.25, -0.2) is 4.98 Å². The summed E-state index contributed by atoms with van der Waals surface area (Å²) < 4.78 is 18.2. The Morgan fingerprint density at radius 1 is 1.12 bits per heavy atom. The summed E-state index contributed by atoms with van der Waals surface area (Å²) in [7, 11) is 4.72. The van der Waals surface area contributed by atoms with Gasteiger partial charge in [0.25, 0.3) is 5.56 Å². The lowest BCUT2D eigenvalue weighted by atomic mass is 10.1. The fraction of sp³-hybridized carbons (Fsp3) is 0.261. The molecule has 0 saturated carbocycles. The first-order chi connectivity index (χ1) is 15.5. The third kappa shape index (κ3) is 4.22. The minimum Gasteiger partial charge on any atom is -0.497 e. The van der Waals surface area contributed by atoms with Gasteiger partial charge in [0.05, 0.1) is 35.1 Å². The highest BCUT2D eigenvalue weighted by atomic mass is 32.1.